The molecule has 0 aromatic rings. The van der Waals surface area contributed by atoms with E-state index in [0.29, 0.717) is 12.8 Å². The first-order valence-corrected chi connectivity index (χ1v) is 18.5. The Labute approximate surface area is 273 Å². The molecule has 0 aromatic carbocycles. The summed E-state index contributed by atoms with van der Waals surface area (Å²) in [5, 5.41) is 17.0. The van der Waals surface area contributed by atoms with Gasteiger partial charge in [0.2, 0.25) is 0 Å². The summed E-state index contributed by atoms with van der Waals surface area (Å²) < 4.78 is 0. The molecule has 1 radical (unpaired) electrons. The smallest absolute Gasteiger partial charge is 0.303 e. The zero-order chi connectivity index (χ0) is 30.5. The Kier molecular flexibility index (Phi) is 46.5. The van der Waals surface area contributed by atoms with Crippen molar-refractivity contribution in [2.75, 3.05) is 0 Å². The molecule has 2 N–H and O–H groups in total. The minimum atomic E-state index is -0.653. The van der Waals surface area contributed by atoms with Gasteiger partial charge in [0.05, 0.1) is 0 Å². The normalized spacial score (nSPS) is 10.6. The second-order valence-corrected chi connectivity index (χ2v) is 12.5. The Hall–Kier alpha value is -0.541. The van der Waals surface area contributed by atoms with Crippen LogP contribution in [0.25, 0.3) is 0 Å². The predicted molar refractivity (Wildman–Crippen MR) is 179 cm³/mol. The number of rotatable bonds is 33. The van der Waals surface area contributed by atoms with Crippen LogP contribution in [-0.2, 0) is 26.7 Å². The van der Waals surface area contributed by atoms with Crippen molar-refractivity contribution in [3.63, 3.8) is 0 Å². The van der Waals surface area contributed by atoms with E-state index in [1.807, 2.05) is 0 Å². The number of aliphatic carboxylic acids is 2. The van der Waals surface area contributed by atoms with E-state index in [9.17, 15) is 9.59 Å². The molecule has 0 saturated heterocycles. The van der Waals surface area contributed by atoms with Gasteiger partial charge < -0.3 is 10.2 Å². The van der Waals surface area contributed by atoms with Crippen molar-refractivity contribution in [2.45, 2.75) is 226 Å². The summed E-state index contributed by atoms with van der Waals surface area (Å²) >= 11 is 0. The van der Waals surface area contributed by atoms with Gasteiger partial charge in [0.1, 0.15) is 0 Å². The predicted octanol–water partition coefficient (Wildman–Crippen LogP) is 13.1. The molecule has 0 unspecified atom stereocenters. The van der Waals surface area contributed by atoms with Crippen molar-refractivity contribution in [3.05, 3.63) is 0 Å². The van der Waals surface area contributed by atoms with Crippen LogP contribution >= 0.6 is 0 Å². The van der Waals surface area contributed by atoms with E-state index < -0.39 is 11.9 Å². The zero-order valence-electron chi connectivity index (χ0n) is 28.3. The first-order valence-electron chi connectivity index (χ1n) is 18.5. The van der Waals surface area contributed by atoms with Crippen molar-refractivity contribution in [1.82, 2.24) is 0 Å². The van der Waals surface area contributed by atoms with Gasteiger partial charge in [-0.2, -0.15) is 0 Å². The molecule has 0 heterocycles. The van der Waals surface area contributed by atoms with E-state index in [-0.39, 0.29) is 17.1 Å². The molecule has 257 valence electrons. The number of hydrogen-bond donors (Lipinski definition) is 2. The number of unbranched alkanes of at least 4 members (excludes halogenated alkanes) is 29. The van der Waals surface area contributed by atoms with Gasteiger partial charge in [-0.1, -0.05) is 200 Å². The Morgan fingerprint density at radius 3 is 0.595 bits per heavy atom. The standard InChI is InChI=1S/C19H38O2.C18H36O2.Cu/c1-2-3-4-5-6-7-8-9-10-11-12-13-14-15-16-17-18-19(20)21;1-2-3-4-5-6-7-8-9-10-11-12-13-14-15-16-17-18(19)20;/h2-18H2,1H3,(H,20,21);2-17H2,1H3,(H,19,20);. The van der Waals surface area contributed by atoms with Gasteiger partial charge >= 0.3 is 11.9 Å². The Morgan fingerprint density at radius 1 is 0.310 bits per heavy atom. The summed E-state index contributed by atoms with van der Waals surface area (Å²) in [6.45, 7) is 4.54. The number of hydrogen-bond acceptors (Lipinski definition) is 2. The van der Waals surface area contributed by atoms with E-state index in [0.717, 1.165) is 25.7 Å². The van der Waals surface area contributed by atoms with Gasteiger partial charge in [-0.25, -0.2) is 0 Å². The molecule has 4 nitrogen and oxygen atoms in total. The van der Waals surface area contributed by atoms with E-state index >= 15 is 0 Å². The third kappa shape index (κ3) is 49.2. The summed E-state index contributed by atoms with van der Waals surface area (Å²) in [7, 11) is 0. The fourth-order valence-electron chi connectivity index (χ4n) is 5.47. The first-order chi connectivity index (χ1) is 20.0. The van der Waals surface area contributed by atoms with Gasteiger partial charge in [0.15, 0.2) is 0 Å². The topological polar surface area (TPSA) is 74.6 Å². The molecule has 0 aromatic heterocycles. The third-order valence-electron chi connectivity index (χ3n) is 8.24. The minimum Gasteiger partial charge on any atom is -0.481 e. The molecule has 0 amide bonds. The molecule has 5 heteroatoms. The summed E-state index contributed by atoms with van der Waals surface area (Å²) in [6.07, 6.45) is 41.9. The second kappa shape index (κ2) is 42.6. The van der Waals surface area contributed by atoms with Crippen molar-refractivity contribution >= 4 is 11.9 Å². The molecule has 42 heavy (non-hydrogen) atoms. The van der Waals surface area contributed by atoms with Crippen LogP contribution < -0.4 is 0 Å². The van der Waals surface area contributed by atoms with Crippen LogP contribution in [-0.4, -0.2) is 22.2 Å². The van der Waals surface area contributed by atoms with E-state index in [1.165, 1.54) is 173 Å². The van der Waals surface area contributed by atoms with Crippen molar-refractivity contribution < 1.29 is 36.9 Å². The zero-order valence-corrected chi connectivity index (χ0v) is 29.3. The number of carbonyl (C=O) groups is 2. The summed E-state index contributed by atoms with van der Waals surface area (Å²) in [6, 6.07) is 0. The van der Waals surface area contributed by atoms with E-state index in [2.05, 4.69) is 13.8 Å². The summed E-state index contributed by atoms with van der Waals surface area (Å²) in [4.78, 5) is 20.7. The fourth-order valence-corrected chi connectivity index (χ4v) is 5.47. The maximum Gasteiger partial charge on any atom is 0.303 e. The van der Waals surface area contributed by atoms with Crippen LogP contribution in [0.5, 0.6) is 0 Å². The van der Waals surface area contributed by atoms with Crippen LogP contribution in [0.4, 0.5) is 0 Å². The van der Waals surface area contributed by atoms with Crippen LogP contribution in [0.2, 0.25) is 0 Å². The average molecular weight is 647 g/mol. The van der Waals surface area contributed by atoms with Crippen LogP contribution in [0.15, 0.2) is 0 Å². The number of carboxylic acid groups (broad SMARTS) is 2. The third-order valence-corrected chi connectivity index (χ3v) is 8.24. The van der Waals surface area contributed by atoms with Crippen LogP contribution in [0.1, 0.15) is 226 Å². The van der Waals surface area contributed by atoms with E-state index in [1.54, 1.807) is 0 Å². The van der Waals surface area contributed by atoms with Crippen molar-refractivity contribution in [2.24, 2.45) is 0 Å². The molecule has 0 aliphatic rings. The second-order valence-electron chi connectivity index (χ2n) is 12.5. The van der Waals surface area contributed by atoms with Crippen LogP contribution in [0.3, 0.4) is 0 Å². The molecule has 0 rings (SSSR count). The average Bonchev–Trinajstić information content (AvgIpc) is 2.95. The van der Waals surface area contributed by atoms with E-state index in [4.69, 9.17) is 10.2 Å². The molecule has 0 fully saturated rings. The Morgan fingerprint density at radius 2 is 0.452 bits per heavy atom. The van der Waals surface area contributed by atoms with Gasteiger partial charge in [-0.3, -0.25) is 9.59 Å². The molecule has 0 aliphatic heterocycles. The molecule has 0 spiro atoms. The maximum absolute atomic E-state index is 10.3. The maximum atomic E-state index is 10.3. The molecular formula is C37H74CuO4. The summed E-state index contributed by atoms with van der Waals surface area (Å²) in [5.41, 5.74) is 0. The monoisotopic (exact) mass is 645 g/mol. The van der Waals surface area contributed by atoms with Gasteiger partial charge in [-0.15, -0.1) is 0 Å². The Bertz CT molecular complexity index is 512. The van der Waals surface area contributed by atoms with Crippen molar-refractivity contribution in [1.29, 1.82) is 0 Å². The summed E-state index contributed by atoms with van der Waals surface area (Å²) in [5.74, 6) is -1.31. The molecule has 0 bridgehead atoms. The quantitative estimate of drug-likeness (QED) is 0.0550. The minimum absolute atomic E-state index is 0. The van der Waals surface area contributed by atoms with Gasteiger partial charge in [-0.05, 0) is 12.8 Å². The fraction of sp³-hybridized carbons (Fsp3) is 0.946. The molecule has 0 saturated carbocycles. The largest absolute Gasteiger partial charge is 0.481 e. The SMILES string of the molecule is CCCCCCCCCCCCCCCCCC(=O)O.CCCCCCCCCCCCCCCCCCC(=O)O.[Cu]. The van der Waals surface area contributed by atoms with Gasteiger partial charge in [0.25, 0.3) is 0 Å². The molecule has 0 atom stereocenters. The van der Waals surface area contributed by atoms with Crippen molar-refractivity contribution in [3.8, 4) is 0 Å². The van der Waals surface area contributed by atoms with Crippen LogP contribution in [0, 0.1) is 0 Å². The van der Waals surface area contributed by atoms with Gasteiger partial charge in [0, 0.05) is 29.9 Å². The molecule has 0 aliphatic carbocycles. The number of carboxylic acids is 2. The first kappa shape index (κ1) is 45.9. The molecular weight excluding hydrogens is 572 g/mol. The Balaban J connectivity index is -0.000000708.